The van der Waals surface area contributed by atoms with Crippen LogP contribution in [0.5, 0.6) is 0 Å². The molecule has 48 valence electrons. The van der Waals surface area contributed by atoms with Gasteiger partial charge in [-0.2, -0.15) is 0 Å². The van der Waals surface area contributed by atoms with Crippen molar-refractivity contribution in [3.05, 3.63) is 24.0 Å². The molecule has 2 N–H and O–H groups in total. The van der Waals surface area contributed by atoms with Crippen LogP contribution in [0, 0.1) is 0 Å². The van der Waals surface area contributed by atoms with Gasteiger partial charge in [0.2, 0.25) is 0 Å². The maximum Gasteiger partial charge on any atom is 0.0780 e. The molecule has 1 aromatic heterocycles. The Morgan fingerprint density at radius 1 is 1.67 bits per heavy atom. The number of nitrogens with zero attached hydrogens (tertiary/aromatic N) is 1. The summed E-state index contributed by atoms with van der Waals surface area (Å²) in [5.74, 6) is 0.382. The van der Waals surface area contributed by atoms with Gasteiger partial charge in [-0.1, -0.05) is 0 Å². The number of anilines is 1. The van der Waals surface area contributed by atoms with Crippen LogP contribution >= 0.6 is 11.6 Å². The number of halogens is 1. The van der Waals surface area contributed by atoms with Crippen molar-refractivity contribution < 1.29 is 0 Å². The standard InChI is InChI=1S/C6H7ClN2/c7-4-6-5(8)2-1-3-9-6/h1-3H,4,8H2. The van der Waals surface area contributed by atoms with Crippen molar-refractivity contribution >= 4 is 17.3 Å². The molecule has 2 nitrogen and oxygen atoms in total. The van der Waals surface area contributed by atoms with Crippen LogP contribution in [0.4, 0.5) is 5.69 Å². The van der Waals surface area contributed by atoms with E-state index in [0.717, 1.165) is 5.69 Å². The minimum atomic E-state index is 0.382. The summed E-state index contributed by atoms with van der Waals surface area (Å²) in [6.07, 6.45) is 1.67. The second-order valence-electron chi connectivity index (χ2n) is 1.67. The minimum absolute atomic E-state index is 0.382. The molecule has 0 aliphatic carbocycles. The van der Waals surface area contributed by atoms with Crippen LogP contribution in [0.2, 0.25) is 0 Å². The SMILES string of the molecule is Nc1cccnc1CCl. The first-order chi connectivity index (χ1) is 4.34. The fourth-order valence-electron chi connectivity index (χ4n) is 0.562. The molecule has 0 spiro atoms. The zero-order valence-electron chi connectivity index (χ0n) is 4.84. The molecular weight excluding hydrogens is 136 g/mol. The average molecular weight is 143 g/mol. The predicted octanol–water partition coefficient (Wildman–Crippen LogP) is 1.40. The van der Waals surface area contributed by atoms with Gasteiger partial charge < -0.3 is 5.73 Å². The lowest BCUT2D eigenvalue weighted by atomic mass is 10.3. The summed E-state index contributed by atoms with van der Waals surface area (Å²) >= 11 is 5.49. The summed E-state index contributed by atoms with van der Waals surface area (Å²) in [5.41, 5.74) is 6.89. The van der Waals surface area contributed by atoms with Crippen molar-refractivity contribution in [1.29, 1.82) is 0 Å². The summed E-state index contributed by atoms with van der Waals surface area (Å²) in [6, 6.07) is 3.57. The molecule has 3 heteroatoms. The van der Waals surface area contributed by atoms with Crippen molar-refractivity contribution in [1.82, 2.24) is 4.98 Å². The molecule has 0 aromatic carbocycles. The smallest absolute Gasteiger partial charge is 0.0780 e. The van der Waals surface area contributed by atoms with E-state index in [1.807, 2.05) is 0 Å². The van der Waals surface area contributed by atoms with Crippen LogP contribution in [-0.4, -0.2) is 4.98 Å². The van der Waals surface area contributed by atoms with Crippen LogP contribution in [0.3, 0.4) is 0 Å². The van der Waals surface area contributed by atoms with Gasteiger partial charge >= 0.3 is 0 Å². The van der Waals surface area contributed by atoms with Gasteiger partial charge in [-0.05, 0) is 12.1 Å². The Labute approximate surface area is 58.7 Å². The lowest BCUT2D eigenvalue weighted by Gasteiger charge is -1.96. The maximum absolute atomic E-state index is 5.49. The summed E-state index contributed by atoms with van der Waals surface area (Å²) in [4.78, 5) is 3.94. The fraction of sp³-hybridized carbons (Fsp3) is 0.167. The van der Waals surface area contributed by atoms with E-state index in [2.05, 4.69) is 4.98 Å². The zero-order valence-corrected chi connectivity index (χ0v) is 5.60. The Bertz CT molecular complexity index is 200. The van der Waals surface area contributed by atoms with Crippen molar-refractivity contribution in [3.8, 4) is 0 Å². The number of aromatic nitrogens is 1. The molecule has 0 amide bonds. The van der Waals surface area contributed by atoms with Gasteiger partial charge in [0.1, 0.15) is 0 Å². The second kappa shape index (κ2) is 2.69. The number of hydrogen-bond donors (Lipinski definition) is 1. The molecule has 0 aliphatic heterocycles. The largest absolute Gasteiger partial charge is 0.397 e. The highest BCUT2D eigenvalue weighted by Gasteiger charge is 1.93. The molecule has 0 bridgehead atoms. The summed E-state index contributed by atoms with van der Waals surface area (Å²) < 4.78 is 0. The minimum Gasteiger partial charge on any atom is -0.397 e. The molecule has 1 aromatic rings. The molecular formula is C6H7ClN2. The van der Waals surface area contributed by atoms with E-state index < -0.39 is 0 Å². The van der Waals surface area contributed by atoms with Gasteiger partial charge in [-0.3, -0.25) is 4.98 Å². The quantitative estimate of drug-likeness (QED) is 0.602. The lowest BCUT2D eigenvalue weighted by molar-refractivity contribution is 1.18. The average Bonchev–Trinajstić information content (AvgIpc) is 1.89. The van der Waals surface area contributed by atoms with Gasteiger partial charge in [0.05, 0.1) is 17.3 Å². The molecule has 1 heterocycles. The van der Waals surface area contributed by atoms with Crippen LogP contribution in [0.15, 0.2) is 18.3 Å². The number of pyridine rings is 1. The van der Waals surface area contributed by atoms with E-state index in [-0.39, 0.29) is 0 Å². The lowest BCUT2D eigenvalue weighted by Crippen LogP contribution is -1.93. The maximum atomic E-state index is 5.49. The van der Waals surface area contributed by atoms with E-state index >= 15 is 0 Å². The Morgan fingerprint density at radius 3 is 2.89 bits per heavy atom. The normalized spacial score (nSPS) is 9.44. The number of nitrogens with two attached hydrogens (primary N) is 1. The zero-order chi connectivity index (χ0) is 6.69. The Morgan fingerprint density at radius 2 is 2.44 bits per heavy atom. The van der Waals surface area contributed by atoms with E-state index in [9.17, 15) is 0 Å². The highest BCUT2D eigenvalue weighted by Crippen LogP contribution is 2.08. The van der Waals surface area contributed by atoms with Crippen LogP contribution in [0.1, 0.15) is 5.69 Å². The third-order valence-electron chi connectivity index (χ3n) is 1.05. The molecule has 0 fully saturated rings. The van der Waals surface area contributed by atoms with Gasteiger partial charge in [-0.15, -0.1) is 11.6 Å². The highest BCUT2D eigenvalue weighted by atomic mass is 35.5. The third-order valence-corrected chi connectivity index (χ3v) is 1.31. The number of hydrogen-bond acceptors (Lipinski definition) is 2. The van der Waals surface area contributed by atoms with E-state index in [0.29, 0.717) is 11.6 Å². The molecule has 9 heavy (non-hydrogen) atoms. The molecule has 0 atom stereocenters. The monoisotopic (exact) mass is 142 g/mol. The number of rotatable bonds is 1. The molecule has 0 saturated carbocycles. The van der Waals surface area contributed by atoms with Crippen molar-refractivity contribution in [2.24, 2.45) is 0 Å². The van der Waals surface area contributed by atoms with Gasteiger partial charge in [-0.25, -0.2) is 0 Å². The molecule has 0 saturated heterocycles. The van der Waals surface area contributed by atoms with E-state index in [4.69, 9.17) is 17.3 Å². The van der Waals surface area contributed by atoms with Crippen molar-refractivity contribution in [2.45, 2.75) is 5.88 Å². The Kier molecular flexibility index (Phi) is 1.90. The van der Waals surface area contributed by atoms with Crippen LogP contribution in [-0.2, 0) is 5.88 Å². The summed E-state index contributed by atoms with van der Waals surface area (Å²) in [7, 11) is 0. The summed E-state index contributed by atoms with van der Waals surface area (Å²) in [6.45, 7) is 0. The predicted molar refractivity (Wildman–Crippen MR) is 38.2 cm³/mol. The van der Waals surface area contributed by atoms with Crippen LogP contribution < -0.4 is 5.73 Å². The number of nitrogen functional groups attached to an aromatic ring is 1. The second-order valence-corrected chi connectivity index (χ2v) is 1.94. The van der Waals surface area contributed by atoms with Crippen molar-refractivity contribution in [3.63, 3.8) is 0 Å². The first-order valence-corrected chi connectivity index (χ1v) is 3.13. The summed E-state index contributed by atoms with van der Waals surface area (Å²) in [5, 5.41) is 0. The number of alkyl halides is 1. The molecule has 1 rings (SSSR count). The molecule has 0 unspecified atom stereocenters. The molecule has 0 aliphatic rings. The highest BCUT2D eigenvalue weighted by molar-refractivity contribution is 6.17. The van der Waals surface area contributed by atoms with E-state index in [1.165, 1.54) is 0 Å². The molecule has 0 radical (unpaired) electrons. The van der Waals surface area contributed by atoms with Gasteiger partial charge in [0.25, 0.3) is 0 Å². The van der Waals surface area contributed by atoms with Gasteiger partial charge in [0, 0.05) is 6.20 Å². The van der Waals surface area contributed by atoms with E-state index in [1.54, 1.807) is 18.3 Å². The van der Waals surface area contributed by atoms with Crippen molar-refractivity contribution in [2.75, 3.05) is 5.73 Å². The third kappa shape index (κ3) is 1.33. The fourth-order valence-corrected chi connectivity index (χ4v) is 0.785. The Balaban J connectivity index is 3.01. The van der Waals surface area contributed by atoms with Gasteiger partial charge in [0.15, 0.2) is 0 Å². The topological polar surface area (TPSA) is 38.9 Å². The Hall–Kier alpha value is -0.760. The van der Waals surface area contributed by atoms with Crippen LogP contribution in [0.25, 0.3) is 0 Å². The first-order valence-electron chi connectivity index (χ1n) is 2.60. The first kappa shape index (κ1) is 6.36.